The number of anilines is 3. The summed E-state index contributed by atoms with van der Waals surface area (Å²) in [5.41, 5.74) is 2.61. The quantitative estimate of drug-likeness (QED) is 0.781. The van der Waals surface area contributed by atoms with Gasteiger partial charge < -0.3 is 19.4 Å². The number of rotatable bonds is 3. The van der Waals surface area contributed by atoms with E-state index < -0.39 is 0 Å². The summed E-state index contributed by atoms with van der Waals surface area (Å²) >= 11 is 0. The second-order valence-corrected chi connectivity index (χ2v) is 7.60. The van der Waals surface area contributed by atoms with Crippen LogP contribution in [0.3, 0.4) is 0 Å². The predicted molar refractivity (Wildman–Crippen MR) is 113 cm³/mol. The van der Waals surface area contributed by atoms with E-state index in [0.717, 1.165) is 87.0 Å². The molecule has 2 aliphatic rings. The van der Waals surface area contributed by atoms with Crippen molar-refractivity contribution in [3.05, 3.63) is 34.8 Å². The average molecular weight is 393 g/mol. The van der Waals surface area contributed by atoms with Gasteiger partial charge in [0, 0.05) is 51.0 Å². The summed E-state index contributed by atoms with van der Waals surface area (Å²) in [6, 6.07) is 6.38. The van der Waals surface area contributed by atoms with E-state index in [4.69, 9.17) is 4.74 Å². The molecule has 0 aliphatic carbocycles. The minimum atomic E-state index is 0.677. The Labute approximate surface area is 171 Å². The standard InChI is InChI=1S/C21H27N7O/c1-15-12-16(2)23-21(18(15)14-22)28-6-4-26(5-7-28)19-13-20(25-17(3)24-19)27-8-10-29-11-9-27/h12-13H,4-11H2,1-3H3. The Hall–Kier alpha value is -2.92. The van der Waals surface area contributed by atoms with Crippen molar-refractivity contribution in [3.8, 4) is 6.07 Å². The third kappa shape index (κ3) is 4.10. The Morgan fingerprint density at radius 3 is 2.03 bits per heavy atom. The first kappa shape index (κ1) is 19.4. The summed E-state index contributed by atoms with van der Waals surface area (Å²) in [4.78, 5) is 20.7. The zero-order valence-electron chi connectivity index (χ0n) is 17.4. The van der Waals surface area contributed by atoms with Crippen molar-refractivity contribution in [2.24, 2.45) is 0 Å². The van der Waals surface area contributed by atoms with Crippen LogP contribution in [0.5, 0.6) is 0 Å². The number of aromatic nitrogens is 3. The molecule has 8 nitrogen and oxygen atoms in total. The van der Waals surface area contributed by atoms with Gasteiger partial charge in [-0.15, -0.1) is 0 Å². The van der Waals surface area contributed by atoms with Gasteiger partial charge in [-0.3, -0.25) is 0 Å². The highest BCUT2D eigenvalue weighted by atomic mass is 16.5. The van der Waals surface area contributed by atoms with Crippen molar-refractivity contribution in [2.75, 3.05) is 67.2 Å². The van der Waals surface area contributed by atoms with E-state index in [-0.39, 0.29) is 0 Å². The SMILES string of the molecule is Cc1cc(C)c(C#N)c(N2CCN(c3cc(N4CCOCC4)nc(C)n3)CC2)n1. The molecule has 0 unspecified atom stereocenters. The van der Waals surface area contributed by atoms with E-state index in [0.29, 0.717) is 5.56 Å². The number of pyridine rings is 1. The van der Waals surface area contributed by atoms with E-state index in [1.807, 2.05) is 26.8 Å². The third-order valence-electron chi connectivity index (χ3n) is 5.49. The molecule has 4 rings (SSSR count). The highest BCUT2D eigenvalue weighted by molar-refractivity contribution is 5.59. The molecule has 4 heterocycles. The van der Waals surface area contributed by atoms with Gasteiger partial charge in [0.1, 0.15) is 29.3 Å². The van der Waals surface area contributed by atoms with Crippen molar-refractivity contribution in [1.82, 2.24) is 15.0 Å². The number of nitrogens with zero attached hydrogens (tertiary/aromatic N) is 7. The lowest BCUT2D eigenvalue weighted by Gasteiger charge is -2.37. The third-order valence-corrected chi connectivity index (χ3v) is 5.49. The number of nitriles is 1. The molecule has 0 radical (unpaired) electrons. The normalized spacial score (nSPS) is 17.4. The van der Waals surface area contributed by atoms with Crippen LogP contribution >= 0.6 is 0 Å². The number of hydrogen-bond acceptors (Lipinski definition) is 8. The maximum atomic E-state index is 9.58. The maximum absolute atomic E-state index is 9.58. The molecule has 2 aliphatic heterocycles. The van der Waals surface area contributed by atoms with Gasteiger partial charge in [-0.1, -0.05) is 0 Å². The minimum absolute atomic E-state index is 0.677. The van der Waals surface area contributed by atoms with Crippen LogP contribution in [0, 0.1) is 32.1 Å². The highest BCUT2D eigenvalue weighted by Gasteiger charge is 2.24. The van der Waals surface area contributed by atoms with Crippen LogP contribution in [-0.4, -0.2) is 67.4 Å². The molecular weight excluding hydrogens is 366 g/mol. The second kappa shape index (κ2) is 8.21. The van der Waals surface area contributed by atoms with E-state index in [9.17, 15) is 5.26 Å². The van der Waals surface area contributed by atoms with Gasteiger partial charge in [0.25, 0.3) is 0 Å². The molecule has 0 amide bonds. The Bertz CT molecular complexity index is 925. The van der Waals surface area contributed by atoms with Crippen LogP contribution in [0.2, 0.25) is 0 Å². The number of ether oxygens (including phenoxy) is 1. The Kier molecular flexibility index (Phi) is 5.49. The first-order valence-corrected chi connectivity index (χ1v) is 10.1. The lowest BCUT2D eigenvalue weighted by Crippen LogP contribution is -2.47. The van der Waals surface area contributed by atoms with Crippen molar-refractivity contribution < 1.29 is 4.74 Å². The number of aryl methyl sites for hydroxylation is 3. The monoisotopic (exact) mass is 393 g/mol. The van der Waals surface area contributed by atoms with Crippen LogP contribution in [0.15, 0.2) is 12.1 Å². The molecule has 0 bridgehead atoms. The fourth-order valence-electron chi connectivity index (χ4n) is 3.98. The van der Waals surface area contributed by atoms with Crippen molar-refractivity contribution >= 4 is 17.5 Å². The van der Waals surface area contributed by atoms with E-state index >= 15 is 0 Å². The van der Waals surface area contributed by atoms with E-state index in [1.165, 1.54) is 0 Å². The van der Waals surface area contributed by atoms with Crippen LogP contribution in [-0.2, 0) is 4.74 Å². The largest absolute Gasteiger partial charge is 0.378 e. The summed E-state index contributed by atoms with van der Waals surface area (Å²) in [7, 11) is 0. The fourth-order valence-corrected chi connectivity index (χ4v) is 3.98. The Morgan fingerprint density at radius 1 is 0.828 bits per heavy atom. The molecular formula is C21H27N7O. The van der Waals surface area contributed by atoms with Gasteiger partial charge in [0.2, 0.25) is 0 Å². The number of piperazine rings is 1. The maximum Gasteiger partial charge on any atom is 0.147 e. The van der Waals surface area contributed by atoms with Gasteiger partial charge in [0.05, 0.1) is 18.8 Å². The van der Waals surface area contributed by atoms with Crippen molar-refractivity contribution in [2.45, 2.75) is 20.8 Å². The summed E-state index contributed by atoms with van der Waals surface area (Å²) in [6.07, 6.45) is 0. The lowest BCUT2D eigenvalue weighted by atomic mass is 10.1. The molecule has 2 saturated heterocycles. The zero-order valence-corrected chi connectivity index (χ0v) is 17.4. The van der Waals surface area contributed by atoms with Crippen LogP contribution < -0.4 is 14.7 Å². The van der Waals surface area contributed by atoms with Gasteiger partial charge in [-0.2, -0.15) is 5.26 Å². The zero-order chi connectivity index (χ0) is 20.4. The molecule has 2 fully saturated rings. The summed E-state index contributed by atoms with van der Waals surface area (Å²) in [5, 5.41) is 9.58. The summed E-state index contributed by atoms with van der Waals surface area (Å²) in [5.74, 6) is 3.53. The molecule has 8 heteroatoms. The molecule has 2 aromatic heterocycles. The molecule has 0 aromatic carbocycles. The Morgan fingerprint density at radius 2 is 1.41 bits per heavy atom. The number of morpholine rings is 1. The van der Waals surface area contributed by atoms with Gasteiger partial charge in [-0.25, -0.2) is 15.0 Å². The molecule has 0 N–H and O–H groups in total. The smallest absolute Gasteiger partial charge is 0.147 e. The predicted octanol–water partition coefficient (Wildman–Crippen LogP) is 1.83. The molecule has 2 aromatic rings. The Balaban J connectivity index is 1.51. The first-order chi connectivity index (χ1) is 14.0. The van der Waals surface area contributed by atoms with Crippen molar-refractivity contribution in [3.63, 3.8) is 0 Å². The number of hydrogen-bond donors (Lipinski definition) is 0. The molecule has 29 heavy (non-hydrogen) atoms. The molecule has 0 atom stereocenters. The fraction of sp³-hybridized carbons (Fsp3) is 0.524. The van der Waals surface area contributed by atoms with E-state index in [1.54, 1.807) is 0 Å². The van der Waals surface area contributed by atoms with Crippen LogP contribution in [0.4, 0.5) is 17.5 Å². The average Bonchev–Trinajstić information content (AvgIpc) is 2.73. The van der Waals surface area contributed by atoms with Gasteiger partial charge in [-0.05, 0) is 32.4 Å². The highest BCUT2D eigenvalue weighted by Crippen LogP contribution is 2.25. The summed E-state index contributed by atoms with van der Waals surface area (Å²) < 4.78 is 5.46. The van der Waals surface area contributed by atoms with Crippen LogP contribution in [0.1, 0.15) is 22.6 Å². The van der Waals surface area contributed by atoms with Gasteiger partial charge in [0.15, 0.2) is 0 Å². The molecule has 0 spiro atoms. The van der Waals surface area contributed by atoms with Gasteiger partial charge >= 0.3 is 0 Å². The minimum Gasteiger partial charge on any atom is -0.378 e. The first-order valence-electron chi connectivity index (χ1n) is 10.1. The second-order valence-electron chi connectivity index (χ2n) is 7.60. The van der Waals surface area contributed by atoms with Crippen molar-refractivity contribution in [1.29, 1.82) is 5.26 Å². The van der Waals surface area contributed by atoms with Crippen LogP contribution in [0.25, 0.3) is 0 Å². The lowest BCUT2D eigenvalue weighted by molar-refractivity contribution is 0.122. The van der Waals surface area contributed by atoms with E-state index in [2.05, 4.69) is 41.8 Å². The molecule has 0 saturated carbocycles. The topological polar surface area (TPSA) is 81.4 Å². The summed E-state index contributed by atoms with van der Waals surface area (Å²) in [6.45, 7) is 12.4. The molecule has 152 valence electrons.